The minimum atomic E-state index is -0.738. The number of aliphatic carboxylic acids is 1. The van der Waals surface area contributed by atoms with Crippen molar-refractivity contribution in [2.75, 3.05) is 7.05 Å². The number of unbranched alkanes of at least 4 members (excludes halogenated alkanes) is 5. The lowest BCUT2D eigenvalue weighted by Gasteiger charge is -2.18. The number of aromatic hydroxyl groups is 1. The van der Waals surface area contributed by atoms with Gasteiger partial charge in [-0.15, -0.1) is 0 Å². The maximum Gasteiger partial charge on any atom is 0.307 e. The van der Waals surface area contributed by atoms with Crippen molar-refractivity contribution in [2.45, 2.75) is 64.3 Å². The molecule has 3 N–H and O–H groups in total. The van der Waals surface area contributed by atoms with Crippen molar-refractivity contribution in [3.8, 4) is 17.0 Å². The van der Waals surface area contributed by atoms with E-state index in [1.165, 1.54) is 0 Å². The number of carboxylic acid groups (broad SMARTS) is 1. The van der Waals surface area contributed by atoms with Crippen LogP contribution in [0.4, 0.5) is 0 Å². The van der Waals surface area contributed by atoms with Gasteiger partial charge in [-0.2, -0.15) is 0 Å². The molecule has 0 saturated heterocycles. The fraction of sp³-hybridized carbons (Fsp3) is 0.393. The Labute approximate surface area is 215 Å². The molecular weight excluding hydrogens is 476 g/mol. The first-order valence-corrected chi connectivity index (χ1v) is 13.2. The van der Waals surface area contributed by atoms with Gasteiger partial charge in [0.2, 0.25) is 11.8 Å². The van der Waals surface area contributed by atoms with E-state index in [2.05, 4.69) is 11.1 Å². The van der Waals surface area contributed by atoms with Crippen molar-refractivity contribution in [2.24, 2.45) is 0 Å². The molecule has 1 amide bonds. The molecule has 0 radical (unpaired) electrons. The summed E-state index contributed by atoms with van der Waals surface area (Å²) in [6.07, 6.45) is 6.80. The molecule has 0 aliphatic rings. The molecular formula is C28H34N2O5S. The molecule has 3 aromatic rings. The monoisotopic (exact) mass is 510 g/mol. The van der Waals surface area contributed by atoms with Crippen LogP contribution < -0.4 is 4.87 Å². The maximum atomic E-state index is 12.5. The number of carbonyl (C=O) groups is 2. The Bertz CT molecular complexity index is 1200. The van der Waals surface area contributed by atoms with Crippen LogP contribution in [0.15, 0.2) is 53.3 Å². The van der Waals surface area contributed by atoms with E-state index in [-0.39, 0.29) is 23.1 Å². The van der Waals surface area contributed by atoms with E-state index in [1.807, 2.05) is 49.5 Å². The summed E-state index contributed by atoms with van der Waals surface area (Å²) in [5.74, 6) is -0.669. The van der Waals surface area contributed by atoms with E-state index in [4.69, 9.17) is 5.11 Å². The highest BCUT2D eigenvalue weighted by atomic mass is 32.1. The van der Waals surface area contributed by atoms with Gasteiger partial charge >= 0.3 is 10.8 Å². The van der Waals surface area contributed by atoms with Gasteiger partial charge in [0.05, 0.1) is 4.88 Å². The highest BCUT2D eigenvalue weighted by molar-refractivity contribution is 7.09. The van der Waals surface area contributed by atoms with Crippen molar-refractivity contribution < 1.29 is 19.8 Å². The van der Waals surface area contributed by atoms with Crippen molar-refractivity contribution in [1.82, 2.24) is 9.88 Å². The molecule has 0 saturated carbocycles. The number of hydrogen-bond donors (Lipinski definition) is 3. The number of rotatable bonds is 14. The van der Waals surface area contributed by atoms with E-state index in [0.29, 0.717) is 24.3 Å². The molecule has 192 valence electrons. The molecule has 0 spiro atoms. The molecule has 0 bridgehead atoms. The van der Waals surface area contributed by atoms with Crippen LogP contribution in [0.1, 0.15) is 67.4 Å². The molecule has 2 aromatic carbocycles. The molecule has 1 aromatic heterocycles. The summed E-state index contributed by atoms with van der Waals surface area (Å²) in [4.78, 5) is 39.0. The number of hydrogen-bond acceptors (Lipinski definition) is 5. The lowest BCUT2D eigenvalue weighted by atomic mass is 10.0. The molecule has 8 heteroatoms. The minimum Gasteiger partial charge on any atom is -0.494 e. The number of carbonyl (C=O) groups excluding carboxylic acids is 1. The largest absolute Gasteiger partial charge is 0.494 e. The van der Waals surface area contributed by atoms with Gasteiger partial charge in [-0.05, 0) is 41.2 Å². The quantitative estimate of drug-likeness (QED) is 0.246. The number of nitrogens with one attached hydrogen (secondary N) is 1. The van der Waals surface area contributed by atoms with Gasteiger partial charge in [0.25, 0.3) is 0 Å². The number of H-pyrrole nitrogens is 1. The van der Waals surface area contributed by atoms with Gasteiger partial charge in [-0.1, -0.05) is 79.5 Å². The Morgan fingerprint density at radius 3 is 2.19 bits per heavy atom. The number of thiazole rings is 1. The second kappa shape index (κ2) is 13.6. The molecule has 7 nitrogen and oxygen atoms in total. The number of carboxylic acids is 1. The molecule has 0 aliphatic heterocycles. The highest BCUT2D eigenvalue weighted by Crippen LogP contribution is 2.25. The number of aromatic nitrogens is 1. The first-order chi connectivity index (χ1) is 17.3. The topological polar surface area (TPSA) is 111 Å². The van der Waals surface area contributed by atoms with Crippen LogP contribution in [0.25, 0.3) is 11.1 Å². The molecule has 0 atom stereocenters. The van der Waals surface area contributed by atoms with E-state index in [0.717, 1.165) is 72.1 Å². The van der Waals surface area contributed by atoms with Gasteiger partial charge < -0.3 is 15.1 Å². The summed E-state index contributed by atoms with van der Waals surface area (Å²) in [6.45, 7) is 0.547. The number of amides is 1. The molecule has 0 fully saturated rings. The Balaban J connectivity index is 1.45. The minimum absolute atomic E-state index is 0.0616. The van der Waals surface area contributed by atoms with Gasteiger partial charge in [-0.3, -0.25) is 19.4 Å². The summed E-state index contributed by atoms with van der Waals surface area (Å²) in [7, 11) is 1.83. The predicted molar refractivity (Wildman–Crippen MR) is 142 cm³/mol. The van der Waals surface area contributed by atoms with Crippen molar-refractivity contribution >= 4 is 23.2 Å². The van der Waals surface area contributed by atoms with E-state index >= 15 is 0 Å². The molecule has 3 rings (SSSR count). The van der Waals surface area contributed by atoms with Crippen molar-refractivity contribution in [3.63, 3.8) is 0 Å². The van der Waals surface area contributed by atoms with E-state index in [1.54, 1.807) is 4.90 Å². The highest BCUT2D eigenvalue weighted by Gasteiger charge is 2.11. The lowest BCUT2D eigenvalue weighted by Crippen LogP contribution is -2.25. The summed E-state index contributed by atoms with van der Waals surface area (Å²) in [5, 5.41) is 18.4. The summed E-state index contributed by atoms with van der Waals surface area (Å²) < 4.78 is 0. The fourth-order valence-electron chi connectivity index (χ4n) is 4.13. The molecule has 36 heavy (non-hydrogen) atoms. The maximum absolute atomic E-state index is 12.5. The normalized spacial score (nSPS) is 10.9. The van der Waals surface area contributed by atoms with Gasteiger partial charge in [0.1, 0.15) is 0 Å². The number of benzene rings is 2. The Morgan fingerprint density at radius 2 is 1.56 bits per heavy atom. The van der Waals surface area contributed by atoms with Crippen LogP contribution in [-0.4, -0.2) is 39.0 Å². The third kappa shape index (κ3) is 8.68. The van der Waals surface area contributed by atoms with Crippen LogP contribution in [0.5, 0.6) is 5.88 Å². The third-order valence-corrected chi connectivity index (χ3v) is 7.03. The molecule has 0 aliphatic carbocycles. The SMILES string of the molecule is CN(Cc1cccc(-c2ccc(Cc3sc(=O)[nH]c3O)cc2)c1)C(=O)CCCCCCCCC(=O)O. The van der Waals surface area contributed by atoms with E-state index < -0.39 is 5.97 Å². The summed E-state index contributed by atoms with van der Waals surface area (Å²) in [5.41, 5.74) is 4.19. The standard InChI is InChI=1S/C28H34N2O5S/c1-30(25(31)11-6-4-2-3-5-7-12-26(32)33)19-21-9-8-10-23(17-21)22-15-13-20(14-16-22)18-24-27(34)29-28(35)36-24/h8-10,13-17,34H,2-7,11-12,18-19H2,1H3,(H,29,35)(H,32,33). The van der Waals surface area contributed by atoms with E-state index in [9.17, 15) is 19.5 Å². The van der Waals surface area contributed by atoms with Gasteiger partial charge in [0.15, 0.2) is 0 Å². The summed E-state index contributed by atoms with van der Waals surface area (Å²) >= 11 is 1.02. The molecule has 1 heterocycles. The smallest absolute Gasteiger partial charge is 0.307 e. The number of nitrogens with zero attached hydrogens (tertiary/aromatic N) is 1. The van der Waals surface area contributed by atoms with Crippen molar-refractivity contribution in [3.05, 3.63) is 74.2 Å². The first-order valence-electron chi connectivity index (χ1n) is 12.4. The second-order valence-corrected chi connectivity index (χ2v) is 10.2. The predicted octanol–water partition coefficient (Wildman–Crippen LogP) is 5.56. The Kier molecular flexibility index (Phi) is 10.3. The van der Waals surface area contributed by atoms with Crippen LogP contribution >= 0.6 is 11.3 Å². The first kappa shape index (κ1) is 27.2. The number of aromatic amines is 1. The zero-order valence-corrected chi connectivity index (χ0v) is 21.5. The lowest BCUT2D eigenvalue weighted by molar-refractivity contribution is -0.137. The zero-order chi connectivity index (χ0) is 25.9. The van der Waals surface area contributed by atoms with Crippen LogP contribution in [0, 0.1) is 0 Å². The van der Waals surface area contributed by atoms with Gasteiger partial charge in [0, 0.05) is 32.9 Å². The van der Waals surface area contributed by atoms with Crippen LogP contribution in [0.3, 0.4) is 0 Å². The zero-order valence-electron chi connectivity index (χ0n) is 20.7. The van der Waals surface area contributed by atoms with Crippen LogP contribution in [0.2, 0.25) is 0 Å². The Hall–Kier alpha value is -3.39. The molecule has 0 unspecified atom stereocenters. The summed E-state index contributed by atoms with van der Waals surface area (Å²) in [6, 6.07) is 16.2. The Morgan fingerprint density at radius 1 is 0.889 bits per heavy atom. The van der Waals surface area contributed by atoms with Crippen molar-refractivity contribution in [1.29, 1.82) is 0 Å². The third-order valence-electron chi connectivity index (χ3n) is 6.16. The average molecular weight is 511 g/mol. The van der Waals surface area contributed by atoms with Crippen LogP contribution in [-0.2, 0) is 22.6 Å². The van der Waals surface area contributed by atoms with Gasteiger partial charge in [-0.25, -0.2) is 0 Å². The average Bonchev–Trinajstić information content (AvgIpc) is 3.17. The second-order valence-electron chi connectivity index (χ2n) is 9.13. The fourth-order valence-corrected chi connectivity index (χ4v) is 4.89.